The number of ketones is 1. The fourth-order valence-corrected chi connectivity index (χ4v) is 3.18. The summed E-state index contributed by atoms with van der Waals surface area (Å²) in [7, 11) is 0. The van der Waals surface area contributed by atoms with Crippen LogP contribution < -0.4 is 5.56 Å². The zero-order valence-electron chi connectivity index (χ0n) is 14.9. The van der Waals surface area contributed by atoms with Crippen molar-refractivity contribution < 1.29 is 9.90 Å². The second-order valence-corrected chi connectivity index (χ2v) is 6.56. The molecule has 4 nitrogen and oxygen atoms in total. The van der Waals surface area contributed by atoms with Gasteiger partial charge >= 0.3 is 29.6 Å². The van der Waals surface area contributed by atoms with Crippen molar-refractivity contribution in [3.05, 3.63) is 75.6 Å². The molecular weight excluding hydrogens is 349 g/mol. The van der Waals surface area contributed by atoms with Gasteiger partial charge in [-0.3, -0.25) is 9.59 Å². The predicted molar refractivity (Wildman–Crippen MR) is 111 cm³/mol. The van der Waals surface area contributed by atoms with Crippen LogP contribution in [0.2, 0.25) is 0 Å². The van der Waals surface area contributed by atoms with Gasteiger partial charge in [0.15, 0.2) is 0 Å². The molecule has 2 N–H and O–H groups in total. The molecular formula is C22H24NNaO3. The first kappa shape index (κ1) is 21.4. The molecule has 0 amide bonds. The van der Waals surface area contributed by atoms with E-state index in [1.807, 2.05) is 12.1 Å². The first-order chi connectivity index (χ1) is 12.6. The molecule has 27 heavy (non-hydrogen) atoms. The van der Waals surface area contributed by atoms with E-state index in [1.54, 1.807) is 36.4 Å². The van der Waals surface area contributed by atoms with E-state index < -0.39 is 11.3 Å². The number of aromatic hydroxyl groups is 1. The van der Waals surface area contributed by atoms with Crippen LogP contribution in [-0.2, 0) is 6.42 Å². The zero-order valence-corrected chi connectivity index (χ0v) is 14.9. The van der Waals surface area contributed by atoms with Crippen molar-refractivity contribution in [2.75, 3.05) is 0 Å². The summed E-state index contributed by atoms with van der Waals surface area (Å²) in [5, 5.41) is 11.2. The summed E-state index contributed by atoms with van der Waals surface area (Å²) >= 11 is 0. The zero-order chi connectivity index (χ0) is 18.5. The second-order valence-electron chi connectivity index (χ2n) is 6.56. The van der Waals surface area contributed by atoms with E-state index >= 15 is 0 Å². The number of fused-ring (bicyclic) bond motifs is 1. The first-order valence-electron chi connectivity index (χ1n) is 9.09. The van der Waals surface area contributed by atoms with Gasteiger partial charge in [-0.25, -0.2) is 0 Å². The SMILES string of the molecule is CCCCCCc1ccc2[nH]c(=O)c(C(=O)c3ccccc3)c(O)c2c1.[NaH]. The Bertz CT molecular complexity index is 980. The second kappa shape index (κ2) is 9.88. The molecule has 0 unspecified atom stereocenters. The molecule has 0 bridgehead atoms. The van der Waals surface area contributed by atoms with Gasteiger partial charge in [-0.15, -0.1) is 0 Å². The summed E-state index contributed by atoms with van der Waals surface area (Å²) in [6.45, 7) is 2.18. The van der Waals surface area contributed by atoms with Gasteiger partial charge in [0, 0.05) is 10.9 Å². The number of hydrogen-bond acceptors (Lipinski definition) is 3. The number of hydrogen-bond donors (Lipinski definition) is 2. The minimum atomic E-state index is -0.570. The van der Waals surface area contributed by atoms with Crippen LogP contribution in [0.1, 0.15) is 54.1 Å². The van der Waals surface area contributed by atoms with Crippen LogP contribution in [0.25, 0.3) is 10.9 Å². The van der Waals surface area contributed by atoms with Gasteiger partial charge in [-0.2, -0.15) is 0 Å². The molecule has 0 saturated carbocycles. The van der Waals surface area contributed by atoms with Crippen molar-refractivity contribution in [2.24, 2.45) is 0 Å². The molecule has 0 fully saturated rings. The summed E-state index contributed by atoms with van der Waals surface area (Å²) in [4.78, 5) is 27.8. The molecule has 0 saturated heterocycles. The number of aromatic nitrogens is 1. The number of benzene rings is 2. The number of pyridine rings is 1. The number of aryl methyl sites for hydroxylation is 1. The molecule has 0 aliphatic heterocycles. The Hall–Kier alpha value is -1.88. The Morgan fingerprint density at radius 2 is 1.78 bits per heavy atom. The summed E-state index contributed by atoms with van der Waals surface area (Å²) in [6, 6.07) is 14.2. The minimum absolute atomic E-state index is 0. The van der Waals surface area contributed by atoms with Gasteiger partial charge in [-0.1, -0.05) is 62.6 Å². The van der Waals surface area contributed by atoms with Gasteiger partial charge in [0.2, 0.25) is 5.78 Å². The van der Waals surface area contributed by atoms with Crippen LogP contribution in [0, 0.1) is 0 Å². The number of rotatable bonds is 7. The summed E-state index contributed by atoms with van der Waals surface area (Å²) < 4.78 is 0. The van der Waals surface area contributed by atoms with Crippen molar-refractivity contribution in [1.82, 2.24) is 4.98 Å². The third-order valence-corrected chi connectivity index (χ3v) is 4.63. The van der Waals surface area contributed by atoms with Gasteiger partial charge in [0.25, 0.3) is 5.56 Å². The van der Waals surface area contributed by atoms with E-state index in [0.717, 1.165) is 18.4 Å². The Labute approximate surface area is 180 Å². The molecule has 0 spiro atoms. The quantitative estimate of drug-likeness (QED) is 0.374. The number of unbranched alkanes of at least 4 members (excludes halogenated alkanes) is 3. The van der Waals surface area contributed by atoms with Crippen LogP contribution in [0.3, 0.4) is 0 Å². The standard InChI is InChI=1S/C22H23NO3.Na.H/c1-2-3-4-6-9-15-12-13-18-17(14-15)21(25)19(22(26)23-18)20(24)16-10-7-5-8-11-16;;/h5,7-8,10-14H,2-4,6,9H2,1H3,(H2,23,25,26);;. The topological polar surface area (TPSA) is 70.2 Å². The van der Waals surface area contributed by atoms with Gasteiger partial charge in [0.1, 0.15) is 11.3 Å². The molecule has 0 atom stereocenters. The molecule has 5 heteroatoms. The fourth-order valence-electron chi connectivity index (χ4n) is 3.18. The van der Waals surface area contributed by atoms with Gasteiger partial charge < -0.3 is 10.1 Å². The molecule has 1 heterocycles. The molecule has 136 valence electrons. The first-order valence-corrected chi connectivity index (χ1v) is 9.09. The van der Waals surface area contributed by atoms with E-state index in [4.69, 9.17) is 0 Å². The summed E-state index contributed by atoms with van der Waals surface area (Å²) in [5.41, 5.74) is 1.23. The van der Waals surface area contributed by atoms with Crippen LogP contribution in [0.15, 0.2) is 53.3 Å². The Kier molecular flexibility index (Phi) is 7.84. The van der Waals surface area contributed by atoms with E-state index in [2.05, 4.69) is 11.9 Å². The van der Waals surface area contributed by atoms with Crippen molar-refractivity contribution in [3.8, 4) is 5.75 Å². The fraction of sp³-hybridized carbons (Fsp3) is 0.273. The van der Waals surface area contributed by atoms with Crippen LogP contribution in [0.5, 0.6) is 5.75 Å². The average molecular weight is 373 g/mol. The molecule has 0 aliphatic carbocycles. The molecule has 3 rings (SSSR count). The molecule has 0 radical (unpaired) electrons. The maximum atomic E-state index is 12.7. The summed E-state index contributed by atoms with van der Waals surface area (Å²) in [6.07, 6.45) is 5.56. The van der Waals surface area contributed by atoms with E-state index in [-0.39, 0.29) is 40.9 Å². The normalized spacial score (nSPS) is 10.6. The third kappa shape index (κ3) is 4.89. The van der Waals surface area contributed by atoms with Crippen LogP contribution in [0.4, 0.5) is 0 Å². The number of aromatic amines is 1. The van der Waals surface area contributed by atoms with E-state index in [0.29, 0.717) is 16.5 Å². The Morgan fingerprint density at radius 1 is 1.04 bits per heavy atom. The van der Waals surface area contributed by atoms with Gasteiger partial charge in [-0.05, 0) is 30.5 Å². The van der Waals surface area contributed by atoms with Crippen LogP contribution in [-0.4, -0.2) is 45.4 Å². The number of carbonyl (C=O) groups excluding carboxylic acids is 1. The molecule has 1 aromatic heterocycles. The predicted octanol–water partition coefficient (Wildman–Crippen LogP) is 3.94. The maximum absolute atomic E-state index is 12.7. The molecule has 2 aromatic carbocycles. The van der Waals surface area contributed by atoms with Gasteiger partial charge in [0.05, 0.1) is 5.52 Å². The number of H-pyrrole nitrogens is 1. The molecule has 0 aliphatic rings. The van der Waals surface area contributed by atoms with E-state index in [9.17, 15) is 14.7 Å². The van der Waals surface area contributed by atoms with Crippen molar-refractivity contribution in [3.63, 3.8) is 0 Å². The van der Waals surface area contributed by atoms with E-state index in [1.165, 1.54) is 19.3 Å². The Morgan fingerprint density at radius 3 is 2.48 bits per heavy atom. The Balaban J connectivity index is 0.00000261. The average Bonchev–Trinajstić information content (AvgIpc) is 2.66. The number of nitrogens with one attached hydrogen (secondary N) is 1. The summed E-state index contributed by atoms with van der Waals surface area (Å²) in [5.74, 6) is -0.715. The van der Waals surface area contributed by atoms with Crippen LogP contribution >= 0.6 is 0 Å². The molecule has 3 aromatic rings. The van der Waals surface area contributed by atoms with Crippen molar-refractivity contribution >= 4 is 46.2 Å². The van der Waals surface area contributed by atoms with Crippen molar-refractivity contribution in [1.29, 1.82) is 0 Å². The van der Waals surface area contributed by atoms with Crippen molar-refractivity contribution in [2.45, 2.75) is 39.0 Å². The third-order valence-electron chi connectivity index (χ3n) is 4.63. The number of carbonyl (C=O) groups is 1. The monoisotopic (exact) mass is 373 g/mol.